The number of rotatable bonds is 4. The van der Waals surface area contributed by atoms with Crippen molar-refractivity contribution < 1.29 is 17.9 Å². The fourth-order valence-electron chi connectivity index (χ4n) is 1.34. The number of esters is 1. The number of sulfonamides is 1. The van der Waals surface area contributed by atoms with Gasteiger partial charge in [-0.15, -0.1) is 0 Å². The lowest BCUT2D eigenvalue weighted by Crippen LogP contribution is -2.42. The van der Waals surface area contributed by atoms with Gasteiger partial charge in [0.1, 0.15) is 11.6 Å². The molecule has 0 bridgehead atoms. The molecule has 0 fully saturated rings. The van der Waals surface area contributed by atoms with Gasteiger partial charge in [0.25, 0.3) is 0 Å². The number of benzene rings is 1. The van der Waals surface area contributed by atoms with Crippen molar-refractivity contribution in [2.24, 2.45) is 0 Å². The maximum absolute atomic E-state index is 12.0. The maximum atomic E-state index is 12.0. The van der Waals surface area contributed by atoms with Crippen molar-refractivity contribution in [3.8, 4) is 0 Å². The highest BCUT2D eigenvalue weighted by atomic mass is 32.2. The number of carbonyl (C=O) groups is 1. The minimum absolute atomic E-state index is 0.116. The molecule has 0 spiro atoms. The van der Waals surface area contributed by atoms with Crippen LogP contribution in [0.1, 0.15) is 27.7 Å². The van der Waals surface area contributed by atoms with Crippen molar-refractivity contribution >= 4 is 16.0 Å². The minimum Gasteiger partial charge on any atom is -0.459 e. The molecular formula is C13H19NO4S. The second-order valence-electron chi connectivity index (χ2n) is 5.19. The Morgan fingerprint density at radius 3 is 2.21 bits per heavy atom. The summed E-state index contributed by atoms with van der Waals surface area (Å²) in [6.45, 7) is 6.63. The van der Waals surface area contributed by atoms with E-state index < -0.39 is 27.6 Å². The second-order valence-corrected chi connectivity index (χ2v) is 6.90. The maximum Gasteiger partial charge on any atom is 0.324 e. The van der Waals surface area contributed by atoms with E-state index in [0.717, 1.165) is 0 Å². The number of hydrogen-bond acceptors (Lipinski definition) is 4. The SMILES string of the molecule is C[C@@H](NS(=O)(=O)c1ccccc1)C(=O)OC(C)(C)C. The van der Waals surface area contributed by atoms with Gasteiger partial charge in [0.05, 0.1) is 4.90 Å². The number of carbonyl (C=O) groups excluding carboxylic acids is 1. The lowest BCUT2D eigenvalue weighted by atomic mass is 10.2. The summed E-state index contributed by atoms with van der Waals surface area (Å²) >= 11 is 0. The van der Waals surface area contributed by atoms with Crippen molar-refractivity contribution in [3.63, 3.8) is 0 Å². The average Bonchev–Trinajstić information content (AvgIpc) is 2.27. The zero-order valence-corrected chi connectivity index (χ0v) is 12.3. The third-order valence-electron chi connectivity index (χ3n) is 2.15. The molecule has 1 atom stereocenters. The molecule has 19 heavy (non-hydrogen) atoms. The summed E-state index contributed by atoms with van der Waals surface area (Å²) in [6, 6.07) is 6.94. The summed E-state index contributed by atoms with van der Waals surface area (Å²) in [6.07, 6.45) is 0. The molecule has 0 amide bonds. The molecule has 0 radical (unpaired) electrons. The van der Waals surface area contributed by atoms with E-state index in [2.05, 4.69) is 4.72 Å². The van der Waals surface area contributed by atoms with Crippen molar-refractivity contribution in [1.29, 1.82) is 0 Å². The van der Waals surface area contributed by atoms with Crippen LogP contribution in [0.4, 0.5) is 0 Å². The molecule has 1 rings (SSSR count). The molecule has 1 aromatic rings. The summed E-state index contributed by atoms with van der Waals surface area (Å²) in [5, 5.41) is 0. The van der Waals surface area contributed by atoms with Crippen LogP contribution in [0.5, 0.6) is 0 Å². The van der Waals surface area contributed by atoms with E-state index >= 15 is 0 Å². The molecule has 106 valence electrons. The molecule has 0 aromatic heterocycles. The fourth-order valence-corrected chi connectivity index (χ4v) is 2.55. The van der Waals surface area contributed by atoms with Crippen molar-refractivity contribution in [2.45, 2.75) is 44.2 Å². The Bertz CT molecular complexity index is 532. The molecule has 5 nitrogen and oxygen atoms in total. The van der Waals surface area contributed by atoms with Crippen LogP contribution in [0.25, 0.3) is 0 Å². The Hall–Kier alpha value is -1.40. The first-order valence-electron chi connectivity index (χ1n) is 5.92. The molecule has 1 aromatic carbocycles. The Morgan fingerprint density at radius 2 is 1.74 bits per heavy atom. The van der Waals surface area contributed by atoms with Gasteiger partial charge in [-0.3, -0.25) is 4.79 Å². The van der Waals surface area contributed by atoms with Gasteiger partial charge in [0.15, 0.2) is 0 Å². The van der Waals surface area contributed by atoms with Crippen molar-refractivity contribution in [1.82, 2.24) is 4.72 Å². The van der Waals surface area contributed by atoms with Crippen LogP contribution in [0.3, 0.4) is 0 Å². The molecule has 0 saturated heterocycles. The number of ether oxygens (including phenoxy) is 1. The smallest absolute Gasteiger partial charge is 0.324 e. The van der Waals surface area contributed by atoms with E-state index in [0.29, 0.717) is 0 Å². The number of nitrogens with one attached hydrogen (secondary N) is 1. The highest BCUT2D eigenvalue weighted by Crippen LogP contribution is 2.11. The summed E-state index contributed by atoms with van der Waals surface area (Å²) in [7, 11) is -3.71. The van der Waals surface area contributed by atoms with Gasteiger partial charge in [-0.25, -0.2) is 8.42 Å². The summed E-state index contributed by atoms with van der Waals surface area (Å²) in [5.74, 6) is -0.605. The third kappa shape index (κ3) is 5.00. The first kappa shape index (κ1) is 15.7. The zero-order valence-electron chi connectivity index (χ0n) is 11.5. The Labute approximate surface area is 114 Å². The quantitative estimate of drug-likeness (QED) is 0.855. The van der Waals surface area contributed by atoms with Gasteiger partial charge in [-0.1, -0.05) is 18.2 Å². The minimum atomic E-state index is -3.71. The molecule has 0 heterocycles. The van der Waals surface area contributed by atoms with Gasteiger partial charge >= 0.3 is 5.97 Å². The van der Waals surface area contributed by atoms with Gasteiger partial charge in [0.2, 0.25) is 10.0 Å². The first-order valence-corrected chi connectivity index (χ1v) is 7.40. The van der Waals surface area contributed by atoms with Gasteiger partial charge < -0.3 is 4.74 Å². The first-order chi connectivity index (χ1) is 8.62. The van der Waals surface area contributed by atoms with Crippen molar-refractivity contribution in [2.75, 3.05) is 0 Å². The van der Waals surface area contributed by atoms with Crippen LogP contribution in [0.15, 0.2) is 35.2 Å². The Balaban J connectivity index is 2.77. The molecular weight excluding hydrogens is 266 g/mol. The fraction of sp³-hybridized carbons (Fsp3) is 0.462. The highest BCUT2D eigenvalue weighted by Gasteiger charge is 2.26. The Morgan fingerprint density at radius 1 is 1.21 bits per heavy atom. The van der Waals surface area contributed by atoms with Crippen LogP contribution in [-0.2, 0) is 19.6 Å². The number of hydrogen-bond donors (Lipinski definition) is 1. The molecule has 0 unspecified atom stereocenters. The van der Waals surface area contributed by atoms with Crippen LogP contribution in [0.2, 0.25) is 0 Å². The van der Waals surface area contributed by atoms with Crippen LogP contribution < -0.4 is 4.72 Å². The summed E-state index contributed by atoms with van der Waals surface area (Å²) < 4.78 is 31.4. The van der Waals surface area contributed by atoms with Crippen LogP contribution in [-0.4, -0.2) is 26.0 Å². The Kier molecular flexibility index (Phi) is 4.70. The summed E-state index contributed by atoms with van der Waals surface area (Å²) in [5.41, 5.74) is -0.649. The van der Waals surface area contributed by atoms with Crippen LogP contribution >= 0.6 is 0 Å². The summed E-state index contributed by atoms with van der Waals surface area (Å²) in [4.78, 5) is 11.8. The third-order valence-corrected chi connectivity index (χ3v) is 3.70. The van der Waals surface area contributed by atoms with E-state index in [1.807, 2.05) is 0 Å². The van der Waals surface area contributed by atoms with E-state index in [4.69, 9.17) is 4.74 Å². The van der Waals surface area contributed by atoms with Crippen molar-refractivity contribution in [3.05, 3.63) is 30.3 Å². The average molecular weight is 285 g/mol. The van der Waals surface area contributed by atoms with E-state index in [9.17, 15) is 13.2 Å². The van der Waals surface area contributed by atoms with Gasteiger partial charge in [-0.05, 0) is 39.8 Å². The highest BCUT2D eigenvalue weighted by molar-refractivity contribution is 7.89. The molecule has 1 N–H and O–H groups in total. The second kappa shape index (κ2) is 5.71. The van der Waals surface area contributed by atoms with E-state index in [1.54, 1.807) is 39.0 Å². The molecule has 0 aliphatic carbocycles. The van der Waals surface area contributed by atoms with Gasteiger partial charge in [-0.2, -0.15) is 4.72 Å². The molecule has 0 saturated carbocycles. The predicted octanol–water partition coefficient (Wildman–Crippen LogP) is 1.70. The largest absolute Gasteiger partial charge is 0.459 e. The molecule has 6 heteroatoms. The molecule has 0 aliphatic rings. The predicted molar refractivity (Wildman–Crippen MR) is 72.1 cm³/mol. The van der Waals surface area contributed by atoms with Gasteiger partial charge in [0, 0.05) is 0 Å². The van der Waals surface area contributed by atoms with E-state index in [1.165, 1.54) is 19.1 Å². The lowest BCUT2D eigenvalue weighted by molar-refractivity contribution is -0.156. The standard InChI is InChI=1S/C13H19NO4S/c1-10(12(15)18-13(2,3)4)14-19(16,17)11-8-6-5-7-9-11/h5-10,14H,1-4H3/t10-/m1/s1. The zero-order chi connectivity index (χ0) is 14.7. The van der Waals surface area contributed by atoms with E-state index in [-0.39, 0.29) is 4.90 Å². The molecule has 0 aliphatic heterocycles. The monoisotopic (exact) mass is 285 g/mol. The lowest BCUT2D eigenvalue weighted by Gasteiger charge is -2.22. The topological polar surface area (TPSA) is 72.5 Å². The van der Waals surface area contributed by atoms with Crippen LogP contribution in [0, 0.1) is 0 Å². The normalized spacial score (nSPS) is 13.9.